The van der Waals surface area contributed by atoms with Crippen LogP contribution in [0.1, 0.15) is 39.0 Å². The quantitative estimate of drug-likeness (QED) is 0.759. The second-order valence-corrected chi connectivity index (χ2v) is 4.25. The lowest BCUT2D eigenvalue weighted by Crippen LogP contribution is -2.29. The number of rotatable bonds is 5. The molecule has 0 amide bonds. The first kappa shape index (κ1) is 12.1. The molecule has 1 heterocycles. The summed E-state index contributed by atoms with van der Waals surface area (Å²) in [5, 5.41) is 8.54. The van der Waals surface area contributed by atoms with E-state index in [1.54, 1.807) is 0 Å². The van der Waals surface area contributed by atoms with Crippen LogP contribution in [0.3, 0.4) is 0 Å². The summed E-state index contributed by atoms with van der Waals surface area (Å²) in [5.74, 6) is 0.0761. The molecule has 1 aliphatic rings. The summed E-state index contributed by atoms with van der Waals surface area (Å²) in [6.45, 7) is 4.29. The van der Waals surface area contributed by atoms with Crippen LogP contribution in [-0.4, -0.2) is 29.1 Å². The van der Waals surface area contributed by atoms with E-state index in [4.69, 9.17) is 5.11 Å². The second kappa shape index (κ2) is 6.49. The molecule has 0 saturated carbocycles. The van der Waals surface area contributed by atoms with Crippen LogP contribution in [0, 0.1) is 5.92 Å². The highest BCUT2D eigenvalue weighted by molar-refractivity contribution is 5.66. The van der Waals surface area contributed by atoms with Crippen LogP contribution in [0.5, 0.6) is 0 Å². The van der Waals surface area contributed by atoms with E-state index in [9.17, 15) is 4.79 Å². The number of hydrogen-bond acceptors (Lipinski definition) is 2. The van der Waals surface area contributed by atoms with Crippen molar-refractivity contribution in [3.63, 3.8) is 0 Å². The van der Waals surface area contributed by atoms with Gasteiger partial charge >= 0.3 is 5.97 Å². The van der Waals surface area contributed by atoms with Crippen LogP contribution >= 0.6 is 0 Å². The van der Waals surface area contributed by atoms with Gasteiger partial charge in [-0.05, 0) is 44.7 Å². The average molecular weight is 211 g/mol. The molecule has 86 valence electrons. The molecule has 1 aliphatic heterocycles. The predicted octanol–water partition coefficient (Wildman–Crippen LogP) is 2.49. The van der Waals surface area contributed by atoms with Gasteiger partial charge in [0.25, 0.3) is 0 Å². The van der Waals surface area contributed by atoms with Gasteiger partial charge in [0.1, 0.15) is 0 Å². The van der Waals surface area contributed by atoms with Crippen molar-refractivity contribution in [2.45, 2.75) is 39.0 Å². The van der Waals surface area contributed by atoms with E-state index in [1.165, 1.54) is 12.8 Å². The highest BCUT2D eigenvalue weighted by Gasteiger charge is 2.16. The Bertz CT molecular complexity index is 218. The lowest BCUT2D eigenvalue weighted by Gasteiger charge is -2.31. The Hall–Kier alpha value is -0.990. The number of allylic oxidation sites excluding steroid dienone is 1. The Morgan fingerprint density at radius 2 is 2.13 bits per heavy atom. The first-order valence-electron chi connectivity index (χ1n) is 5.81. The lowest BCUT2D eigenvalue weighted by atomic mass is 9.92. The smallest absolute Gasteiger partial charge is 0.303 e. The SMILES string of the molecule is C/C=C\N1CCC(CCCC(=O)O)CC1. The van der Waals surface area contributed by atoms with E-state index in [1.807, 2.05) is 6.92 Å². The van der Waals surface area contributed by atoms with Gasteiger partial charge in [0.15, 0.2) is 0 Å². The van der Waals surface area contributed by atoms with Crippen molar-refractivity contribution < 1.29 is 9.90 Å². The lowest BCUT2D eigenvalue weighted by molar-refractivity contribution is -0.137. The third-order valence-electron chi connectivity index (χ3n) is 3.01. The maximum atomic E-state index is 10.4. The molecule has 3 nitrogen and oxygen atoms in total. The number of nitrogens with zero attached hydrogens (tertiary/aromatic N) is 1. The second-order valence-electron chi connectivity index (χ2n) is 4.25. The molecule has 0 aromatic carbocycles. The summed E-state index contributed by atoms with van der Waals surface area (Å²) in [6, 6.07) is 0. The molecule has 0 atom stereocenters. The largest absolute Gasteiger partial charge is 0.481 e. The standard InChI is InChI=1S/C12H21NO2/c1-2-8-13-9-6-11(7-10-13)4-3-5-12(14)15/h2,8,11H,3-7,9-10H2,1H3,(H,14,15)/b8-2-. The maximum absolute atomic E-state index is 10.4. The fraction of sp³-hybridized carbons (Fsp3) is 0.750. The zero-order valence-electron chi connectivity index (χ0n) is 9.48. The summed E-state index contributed by atoms with van der Waals surface area (Å²) in [5.41, 5.74) is 0. The highest BCUT2D eigenvalue weighted by atomic mass is 16.4. The molecule has 0 aliphatic carbocycles. The van der Waals surface area contributed by atoms with Crippen molar-refractivity contribution in [3.05, 3.63) is 12.3 Å². The topological polar surface area (TPSA) is 40.5 Å². The fourth-order valence-electron chi connectivity index (χ4n) is 2.14. The zero-order chi connectivity index (χ0) is 11.1. The number of likely N-dealkylation sites (tertiary alicyclic amines) is 1. The van der Waals surface area contributed by atoms with Gasteiger partial charge in [0, 0.05) is 19.5 Å². The van der Waals surface area contributed by atoms with Crippen molar-refractivity contribution in [1.82, 2.24) is 4.90 Å². The number of aliphatic carboxylic acids is 1. The highest BCUT2D eigenvalue weighted by Crippen LogP contribution is 2.22. The summed E-state index contributed by atoms with van der Waals surface area (Å²) < 4.78 is 0. The van der Waals surface area contributed by atoms with E-state index < -0.39 is 5.97 Å². The maximum Gasteiger partial charge on any atom is 0.303 e. The minimum Gasteiger partial charge on any atom is -0.481 e. The molecular weight excluding hydrogens is 190 g/mol. The van der Waals surface area contributed by atoms with Crippen LogP contribution in [0.4, 0.5) is 0 Å². The van der Waals surface area contributed by atoms with Gasteiger partial charge in [-0.15, -0.1) is 0 Å². The Labute approximate surface area is 91.8 Å². The molecule has 0 aromatic rings. The Morgan fingerprint density at radius 1 is 1.47 bits per heavy atom. The number of carboxylic acids is 1. The molecule has 0 spiro atoms. The van der Waals surface area contributed by atoms with Crippen LogP contribution in [0.15, 0.2) is 12.3 Å². The predicted molar refractivity (Wildman–Crippen MR) is 60.6 cm³/mol. The van der Waals surface area contributed by atoms with E-state index >= 15 is 0 Å². The molecular formula is C12H21NO2. The molecule has 0 unspecified atom stereocenters. The normalized spacial score (nSPS) is 18.6. The van der Waals surface area contributed by atoms with E-state index in [0.717, 1.165) is 31.8 Å². The van der Waals surface area contributed by atoms with Crippen LogP contribution in [0.2, 0.25) is 0 Å². The van der Waals surface area contributed by atoms with Crippen LogP contribution < -0.4 is 0 Å². The van der Waals surface area contributed by atoms with Crippen molar-refractivity contribution >= 4 is 5.97 Å². The van der Waals surface area contributed by atoms with Crippen molar-refractivity contribution in [2.24, 2.45) is 5.92 Å². The van der Waals surface area contributed by atoms with Crippen molar-refractivity contribution in [3.8, 4) is 0 Å². The molecule has 0 bridgehead atoms. The first-order chi connectivity index (χ1) is 7.22. The van der Waals surface area contributed by atoms with Gasteiger partial charge in [-0.25, -0.2) is 0 Å². The van der Waals surface area contributed by atoms with E-state index in [2.05, 4.69) is 17.2 Å². The van der Waals surface area contributed by atoms with E-state index in [-0.39, 0.29) is 0 Å². The zero-order valence-corrected chi connectivity index (χ0v) is 9.48. The first-order valence-corrected chi connectivity index (χ1v) is 5.81. The van der Waals surface area contributed by atoms with Gasteiger partial charge in [-0.1, -0.05) is 6.08 Å². The molecule has 0 aromatic heterocycles. The van der Waals surface area contributed by atoms with Crippen LogP contribution in [-0.2, 0) is 4.79 Å². The number of piperidine rings is 1. The van der Waals surface area contributed by atoms with Gasteiger partial charge < -0.3 is 10.0 Å². The molecule has 1 rings (SSSR count). The van der Waals surface area contributed by atoms with E-state index in [0.29, 0.717) is 6.42 Å². The van der Waals surface area contributed by atoms with Crippen molar-refractivity contribution in [2.75, 3.05) is 13.1 Å². The third-order valence-corrected chi connectivity index (χ3v) is 3.01. The molecule has 15 heavy (non-hydrogen) atoms. The molecule has 1 saturated heterocycles. The summed E-state index contributed by atoms with van der Waals surface area (Å²) in [6.07, 6.45) is 8.89. The van der Waals surface area contributed by atoms with Gasteiger partial charge in [0.2, 0.25) is 0 Å². The number of carbonyl (C=O) groups is 1. The average Bonchev–Trinajstić information content (AvgIpc) is 2.20. The minimum atomic E-state index is -0.665. The Balaban J connectivity index is 2.12. The third kappa shape index (κ3) is 4.86. The summed E-state index contributed by atoms with van der Waals surface area (Å²) >= 11 is 0. The van der Waals surface area contributed by atoms with Gasteiger partial charge in [-0.2, -0.15) is 0 Å². The number of carboxylic acid groups (broad SMARTS) is 1. The Kier molecular flexibility index (Phi) is 5.22. The summed E-state index contributed by atoms with van der Waals surface area (Å²) in [4.78, 5) is 12.7. The molecule has 1 fully saturated rings. The monoisotopic (exact) mass is 211 g/mol. The van der Waals surface area contributed by atoms with Crippen LogP contribution in [0.25, 0.3) is 0 Å². The fourth-order valence-corrected chi connectivity index (χ4v) is 2.14. The molecule has 1 N–H and O–H groups in total. The van der Waals surface area contributed by atoms with Gasteiger partial charge in [-0.3, -0.25) is 4.79 Å². The number of hydrogen-bond donors (Lipinski definition) is 1. The van der Waals surface area contributed by atoms with Gasteiger partial charge in [0.05, 0.1) is 0 Å². The Morgan fingerprint density at radius 3 is 2.67 bits per heavy atom. The van der Waals surface area contributed by atoms with Crippen molar-refractivity contribution in [1.29, 1.82) is 0 Å². The summed E-state index contributed by atoms with van der Waals surface area (Å²) in [7, 11) is 0. The minimum absolute atomic E-state index is 0.328. The molecule has 3 heteroatoms. The molecule has 0 radical (unpaired) electrons.